The lowest BCUT2D eigenvalue weighted by Crippen LogP contribution is -2.47. The molecular weight excluding hydrogens is 717 g/mol. The number of carbonyl (C=O) groups is 3. The fourth-order valence-electron chi connectivity index (χ4n) is 5.29. The Morgan fingerprint density at radius 2 is 1.92 bits per heavy atom. The fourth-order valence-corrected chi connectivity index (χ4v) is 6.65. The average Bonchev–Trinajstić information content (AvgIpc) is 3.64. The first kappa shape index (κ1) is 40.5. The second kappa shape index (κ2) is 19.6. The van der Waals surface area contributed by atoms with E-state index in [0.717, 1.165) is 19.1 Å². The largest absolute Gasteiger partial charge is 0.459 e. The Hall–Kier alpha value is -5.24. The van der Waals surface area contributed by atoms with E-state index in [2.05, 4.69) is 16.7 Å². The fraction of sp³-hybridized carbons (Fsp3) is 0.351. The molecule has 12 nitrogen and oxygen atoms in total. The molecule has 0 aliphatic carbocycles. The zero-order valence-corrected chi connectivity index (χ0v) is 29.7. The number of esters is 3. The van der Waals surface area contributed by atoms with Crippen LogP contribution in [0.1, 0.15) is 43.4 Å². The molecule has 280 valence electrons. The number of rotatable bonds is 17. The van der Waals surface area contributed by atoms with Crippen LogP contribution in [0.2, 0.25) is 0 Å². The number of thioether (sulfide) groups is 1. The molecule has 1 saturated heterocycles. The van der Waals surface area contributed by atoms with Gasteiger partial charge in [0.15, 0.2) is 18.0 Å². The molecule has 2 heterocycles. The third kappa shape index (κ3) is 11.6. The summed E-state index contributed by atoms with van der Waals surface area (Å²) in [6.07, 6.45) is 7.40. The van der Waals surface area contributed by atoms with E-state index >= 15 is 4.39 Å². The molecule has 0 amide bonds. The molecule has 0 saturated carbocycles. The van der Waals surface area contributed by atoms with Crippen LogP contribution in [0.3, 0.4) is 0 Å². The van der Waals surface area contributed by atoms with E-state index in [-0.39, 0.29) is 49.2 Å². The van der Waals surface area contributed by atoms with Gasteiger partial charge in [0.25, 0.3) is 0 Å². The minimum atomic E-state index is -1.82. The van der Waals surface area contributed by atoms with Gasteiger partial charge >= 0.3 is 17.9 Å². The van der Waals surface area contributed by atoms with Crippen LogP contribution >= 0.6 is 11.8 Å². The molecule has 1 aromatic heterocycles. The summed E-state index contributed by atoms with van der Waals surface area (Å²) in [5.41, 5.74) is -1.46. The van der Waals surface area contributed by atoms with E-state index in [9.17, 15) is 23.2 Å². The van der Waals surface area contributed by atoms with E-state index in [1.807, 2.05) is 6.07 Å². The average molecular weight is 755 g/mol. The number of allylic oxidation sites excluding steroid dienone is 2. The van der Waals surface area contributed by atoms with E-state index in [1.54, 1.807) is 25.2 Å². The normalized spacial score (nSPS) is 18.1. The summed E-state index contributed by atoms with van der Waals surface area (Å²) < 4.78 is 73.3. The lowest BCUT2D eigenvalue weighted by Gasteiger charge is -2.40. The second-order valence-corrected chi connectivity index (χ2v) is 13.3. The van der Waals surface area contributed by atoms with Crippen molar-refractivity contribution in [1.82, 2.24) is 14.8 Å². The molecule has 0 spiro atoms. The quantitative estimate of drug-likeness (QED) is 0.0733. The molecule has 0 N–H and O–H groups in total. The summed E-state index contributed by atoms with van der Waals surface area (Å²) >= 11 is 1.27. The van der Waals surface area contributed by atoms with Crippen molar-refractivity contribution in [3.63, 3.8) is 0 Å². The summed E-state index contributed by atoms with van der Waals surface area (Å²) in [4.78, 5) is 41.7. The van der Waals surface area contributed by atoms with Crippen LogP contribution in [0.5, 0.6) is 0 Å². The summed E-state index contributed by atoms with van der Waals surface area (Å²) in [6, 6.07) is 8.94. The van der Waals surface area contributed by atoms with Gasteiger partial charge in [-0.15, -0.1) is 11.8 Å². The molecule has 1 aliphatic rings. The first-order valence-electron chi connectivity index (χ1n) is 16.3. The Balaban J connectivity index is 1.51. The number of nitriles is 1. The molecule has 3 aromatic rings. The van der Waals surface area contributed by atoms with Crippen LogP contribution < -0.4 is 0 Å². The number of carbonyl (C=O) groups excluding carboxylic acids is 3. The summed E-state index contributed by atoms with van der Waals surface area (Å²) in [5.74, 6) is -4.91. The maximum atomic E-state index is 15.7. The van der Waals surface area contributed by atoms with Gasteiger partial charge in [-0.3, -0.25) is 9.59 Å². The van der Waals surface area contributed by atoms with E-state index in [0.29, 0.717) is 11.6 Å². The van der Waals surface area contributed by atoms with Gasteiger partial charge in [0, 0.05) is 42.2 Å². The predicted octanol–water partition coefficient (Wildman–Crippen LogP) is 5.58. The van der Waals surface area contributed by atoms with Gasteiger partial charge in [0.05, 0.1) is 36.6 Å². The van der Waals surface area contributed by atoms with Crippen molar-refractivity contribution in [3.8, 4) is 6.07 Å². The number of aromatic nitrogens is 3. The maximum absolute atomic E-state index is 15.7. The molecule has 0 bridgehead atoms. The van der Waals surface area contributed by atoms with Gasteiger partial charge < -0.3 is 23.7 Å². The molecule has 16 heteroatoms. The molecule has 53 heavy (non-hydrogen) atoms. The number of hydrogen-bond acceptors (Lipinski definition) is 12. The lowest BCUT2D eigenvalue weighted by molar-refractivity contribution is -0.170. The Bertz CT molecular complexity index is 1840. The van der Waals surface area contributed by atoms with E-state index in [1.165, 1.54) is 59.4 Å². The topological polar surface area (TPSA) is 152 Å². The number of ether oxygens (including phenoxy) is 5. The number of halogens is 3. The van der Waals surface area contributed by atoms with E-state index < -0.39 is 65.0 Å². The molecule has 1 aliphatic heterocycles. The summed E-state index contributed by atoms with van der Waals surface area (Å²) in [6.45, 7) is 6.23. The van der Waals surface area contributed by atoms with Crippen LogP contribution in [-0.4, -0.2) is 75.4 Å². The molecule has 2 aromatic carbocycles. The summed E-state index contributed by atoms with van der Waals surface area (Å²) in [5, 5.41) is 11.9. The van der Waals surface area contributed by atoms with Crippen molar-refractivity contribution in [1.29, 1.82) is 5.26 Å². The summed E-state index contributed by atoms with van der Waals surface area (Å²) in [7, 11) is 0. The van der Waals surface area contributed by atoms with Gasteiger partial charge in [-0.1, -0.05) is 36.9 Å². The van der Waals surface area contributed by atoms with Crippen molar-refractivity contribution in [2.75, 3.05) is 19.8 Å². The van der Waals surface area contributed by atoms with Crippen LogP contribution in [0.25, 0.3) is 6.08 Å². The smallest absolute Gasteiger partial charge is 0.347 e. The number of benzene rings is 2. The van der Waals surface area contributed by atoms with Gasteiger partial charge in [0.1, 0.15) is 36.7 Å². The minimum Gasteiger partial charge on any atom is -0.459 e. The molecule has 0 radical (unpaired) electrons. The SMILES string of the molecule is C=CCOC(=O)C(CCC(=O)O[C@@](Cn1cncn1)(c1ccc(F)cc1F)[C@@H](C)S[C@H]1CO[C@H](/C=C/C=C/c2ccc(C#N)cc2F)OC1)OC(C)=O. The maximum Gasteiger partial charge on any atom is 0.347 e. The third-order valence-electron chi connectivity index (χ3n) is 7.80. The first-order chi connectivity index (χ1) is 25.4. The number of hydrogen-bond donors (Lipinski definition) is 0. The Morgan fingerprint density at radius 1 is 1.15 bits per heavy atom. The Kier molecular flexibility index (Phi) is 15.0. The van der Waals surface area contributed by atoms with Crippen LogP contribution in [0, 0.1) is 28.8 Å². The first-order valence-corrected chi connectivity index (χ1v) is 17.3. The minimum absolute atomic E-state index is 0.145. The van der Waals surface area contributed by atoms with Crippen LogP contribution in [-0.2, 0) is 50.2 Å². The van der Waals surface area contributed by atoms with Gasteiger partial charge in [0.2, 0.25) is 0 Å². The van der Waals surface area contributed by atoms with Gasteiger partial charge in [-0.2, -0.15) is 10.4 Å². The van der Waals surface area contributed by atoms with Crippen molar-refractivity contribution in [3.05, 3.63) is 114 Å². The third-order valence-corrected chi connectivity index (χ3v) is 9.25. The monoisotopic (exact) mass is 754 g/mol. The molecule has 4 rings (SSSR count). The highest BCUT2D eigenvalue weighted by molar-refractivity contribution is 8.00. The molecular formula is C37H37F3N4O8S. The van der Waals surface area contributed by atoms with Crippen molar-refractivity contribution in [2.24, 2.45) is 0 Å². The zero-order valence-electron chi connectivity index (χ0n) is 28.9. The highest BCUT2D eigenvalue weighted by atomic mass is 32.2. The second-order valence-electron chi connectivity index (χ2n) is 11.7. The highest BCUT2D eigenvalue weighted by Gasteiger charge is 2.47. The van der Waals surface area contributed by atoms with Crippen LogP contribution in [0.4, 0.5) is 13.2 Å². The molecule has 1 fully saturated rings. The van der Waals surface area contributed by atoms with Gasteiger partial charge in [-0.05, 0) is 37.3 Å². The van der Waals surface area contributed by atoms with Crippen molar-refractivity contribution >= 4 is 35.7 Å². The number of nitrogens with zero attached hydrogens (tertiary/aromatic N) is 4. The van der Waals surface area contributed by atoms with Crippen molar-refractivity contribution in [2.45, 2.75) is 61.7 Å². The highest BCUT2D eigenvalue weighted by Crippen LogP contribution is 2.42. The van der Waals surface area contributed by atoms with Crippen molar-refractivity contribution < 1.29 is 51.2 Å². The standard InChI is InChI=1S/C37H37F3N4O8S/c1-4-15-48-36(47)33(51-25(3)45)13-14-34(46)52-37(21-44-23-42-22-43-44,30-12-11-28(38)17-32(30)40)24(2)53-29-19-49-35(50-20-29)8-6-5-7-27-10-9-26(18-41)16-31(27)39/h4-12,16-17,22-24,29,33,35H,1,13-15,19-21H2,2-3H3/b7-5+,8-6+/t24-,29-,33?,35-,37-/m1/s1. The van der Waals surface area contributed by atoms with E-state index in [4.69, 9.17) is 28.9 Å². The van der Waals surface area contributed by atoms with Crippen LogP contribution in [0.15, 0.2) is 79.9 Å². The predicted molar refractivity (Wildman–Crippen MR) is 186 cm³/mol. The van der Waals surface area contributed by atoms with Gasteiger partial charge in [-0.25, -0.2) is 27.6 Å². The zero-order chi connectivity index (χ0) is 38.4. The Morgan fingerprint density at radius 3 is 2.57 bits per heavy atom. The lowest BCUT2D eigenvalue weighted by atomic mass is 9.89. The molecule has 1 unspecified atom stereocenters. The Labute approximate surface area is 308 Å². The molecule has 3 atom stereocenters.